The van der Waals surface area contributed by atoms with Gasteiger partial charge in [-0.2, -0.15) is 0 Å². The number of methoxy groups -OCH3 is 1. The van der Waals surface area contributed by atoms with Crippen LogP contribution in [0.25, 0.3) is 10.8 Å². The Labute approximate surface area is 329 Å². The zero-order valence-electron chi connectivity index (χ0n) is 33.0. The molecule has 2 aliphatic heterocycles. The first-order valence-electron chi connectivity index (χ1n) is 19.8. The highest BCUT2D eigenvalue weighted by Gasteiger charge is 2.47. The van der Waals surface area contributed by atoms with E-state index >= 15 is 0 Å². The molecule has 3 amide bonds. The predicted molar refractivity (Wildman–Crippen MR) is 210 cm³/mol. The third-order valence-corrected chi connectivity index (χ3v) is 10.1. The van der Waals surface area contributed by atoms with Crippen LogP contribution in [0.2, 0.25) is 0 Å². The lowest BCUT2D eigenvalue weighted by Gasteiger charge is -2.47. The van der Waals surface area contributed by atoms with Crippen molar-refractivity contribution in [2.24, 2.45) is 5.92 Å². The van der Waals surface area contributed by atoms with E-state index in [9.17, 15) is 19.2 Å². The van der Waals surface area contributed by atoms with E-state index in [-0.39, 0.29) is 44.4 Å². The molecule has 3 N–H and O–H groups in total. The summed E-state index contributed by atoms with van der Waals surface area (Å²) >= 11 is 0. The van der Waals surface area contributed by atoms with E-state index in [4.69, 9.17) is 28.4 Å². The third-order valence-electron chi connectivity index (χ3n) is 10.1. The van der Waals surface area contributed by atoms with Gasteiger partial charge < -0.3 is 44.4 Å². The van der Waals surface area contributed by atoms with Gasteiger partial charge in [-0.15, -0.1) is 0 Å². The first kappa shape index (κ1) is 42.3. The third kappa shape index (κ3) is 12.6. The van der Waals surface area contributed by atoms with Gasteiger partial charge in [-0.1, -0.05) is 74.5 Å². The molecule has 4 unspecified atom stereocenters. The minimum Gasteiger partial charge on any atom is -0.496 e. The van der Waals surface area contributed by atoms with Crippen molar-refractivity contribution in [3.63, 3.8) is 0 Å². The maximum absolute atomic E-state index is 13.3. The zero-order valence-corrected chi connectivity index (χ0v) is 33.0. The molecular weight excluding hydrogens is 718 g/mol. The molecule has 304 valence electrons. The summed E-state index contributed by atoms with van der Waals surface area (Å²) < 4.78 is 35.3. The maximum Gasteiger partial charge on any atom is 0.407 e. The number of esters is 1. The molecule has 0 saturated carbocycles. The molecule has 2 aliphatic rings. The number of para-hydroxylation sites is 1. The van der Waals surface area contributed by atoms with Gasteiger partial charge in [0.2, 0.25) is 5.91 Å². The molecule has 2 heterocycles. The Hall–Kier alpha value is -4.88. The Balaban J connectivity index is 1.20. The van der Waals surface area contributed by atoms with Crippen LogP contribution in [0.5, 0.6) is 5.75 Å². The number of amides is 3. The molecular formula is C43H57N3O10. The fourth-order valence-corrected chi connectivity index (χ4v) is 7.49. The smallest absolute Gasteiger partial charge is 0.407 e. The van der Waals surface area contributed by atoms with E-state index < -0.39 is 48.3 Å². The second-order valence-electron chi connectivity index (χ2n) is 14.9. The van der Waals surface area contributed by atoms with Crippen LogP contribution in [0.3, 0.4) is 0 Å². The summed E-state index contributed by atoms with van der Waals surface area (Å²) in [5.74, 6) is -0.950. The van der Waals surface area contributed by atoms with Gasteiger partial charge in [0.05, 0.1) is 25.9 Å². The van der Waals surface area contributed by atoms with Crippen LogP contribution < -0.4 is 20.7 Å². The SMILES string of the molecule is CCOC(=O)[C@H](CC(C)C)NC(=O)CCC1CC(OC(=O)NCc2cccc3ccccc23)CC2(CCCC(COC(=O)NCCc3ccccc3OC)O2)O1. The number of fused-ring (bicyclic) bond motifs is 1. The molecule has 56 heavy (non-hydrogen) atoms. The molecule has 0 bridgehead atoms. The molecule has 0 aliphatic carbocycles. The number of ether oxygens (including phenoxy) is 6. The largest absolute Gasteiger partial charge is 0.496 e. The van der Waals surface area contributed by atoms with Crippen molar-refractivity contribution in [3.8, 4) is 5.75 Å². The van der Waals surface area contributed by atoms with E-state index in [2.05, 4.69) is 16.0 Å². The summed E-state index contributed by atoms with van der Waals surface area (Å²) in [5, 5.41) is 10.7. The van der Waals surface area contributed by atoms with E-state index in [1.165, 1.54) is 0 Å². The number of hydrogen-bond acceptors (Lipinski definition) is 10. The molecule has 0 aromatic heterocycles. The quantitative estimate of drug-likeness (QED) is 0.0992. The molecule has 5 rings (SSSR count). The number of carbonyl (C=O) groups is 4. The van der Waals surface area contributed by atoms with E-state index in [1.807, 2.05) is 80.6 Å². The first-order valence-corrected chi connectivity index (χ1v) is 19.8. The summed E-state index contributed by atoms with van der Waals surface area (Å²) in [6.45, 7) is 6.57. The average Bonchev–Trinajstić information content (AvgIpc) is 3.18. The van der Waals surface area contributed by atoms with Crippen molar-refractivity contribution in [1.29, 1.82) is 0 Å². The number of carbonyl (C=O) groups excluding carboxylic acids is 4. The summed E-state index contributed by atoms with van der Waals surface area (Å²) in [6, 6.07) is 20.8. The van der Waals surface area contributed by atoms with Crippen molar-refractivity contribution >= 4 is 34.8 Å². The van der Waals surface area contributed by atoms with Crippen LogP contribution in [0.1, 0.15) is 83.3 Å². The highest BCUT2D eigenvalue weighted by atomic mass is 16.7. The van der Waals surface area contributed by atoms with Crippen molar-refractivity contribution in [1.82, 2.24) is 16.0 Å². The number of nitrogens with one attached hydrogen (secondary N) is 3. The normalized spacial score (nSPS) is 21.2. The van der Waals surface area contributed by atoms with Gasteiger partial charge in [0.1, 0.15) is 24.5 Å². The molecule has 13 nitrogen and oxygen atoms in total. The van der Waals surface area contributed by atoms with Crippen molar-refractivity contribution < 1.29 is 47.6 Å². The highest BCUT2D eigenvalue weighted by Crippen LogP contribution is 2.41. The summed E-state index contributed by atoms with van der Waals surface area (Å²) in [5.41, 5.74) is 1.94. The molecule has 3 aromatic rings. The van der Waals surface area contributed by atoms with Gasteiger partial charge in [0.15, 0.2) is 5.79 Å². The molecule has 0 radical (unpaired) electrons. The van der Waals surface area contributed by atoms with Gasteiger partial charge in [0, 0.05) is 38.8 Å². The Morgan fingerprint density at radius 3 is 2.45 bits per heavy atom. The van der Waals surface area contributed by atoms with E-state index in [0.29, 0.717) is 45.1 Å². The molecule has 3 aromatic carbocycles. The minimum atomic E-state index is -1.11. The topological polar surface area (TPSA) is 160 Å². The van der Waals surface area contributed by atoms with E-state index in [1.54, 1.807) is 14.0 Å². The monoisotopic (exact) mass is 775 g/mol. The van der Waals surface area contributed by atoms with Crippen LogP contribution in [0, 0.1) is 5.92 Å². The standard InChI is InChI=1S/C43H57N3O10/c1-5-52-40(48)37(24-29(2)3)46-39(47)20-19-33-25-35(54-42(50)45-27-32-15-10-14-30-12-6-8-17-36(30)32)26-43(55-33)22-11-16-34(56-43)28-53-41(49)44-23-21-31-13-7-9-18-38(31)51-4/h6-10,12-15,17-18,29,33-35,37H,5,11,16,19-28H2,1-4H3,(H,44,49)(H,45,50)(H,46,47)/t33?,34?,35?,37-,43?/m0/s1. The Kier molecular flexibility index (Phi) is 15.8. The predicted octanol–water partition coefficient (Wildman–Crippen LogP) is 6.73. The lowest BCUT2D eigenvalue weighted by molar-refractivity contribution is -0.329. The molecule has 13 heteroatoms. The van der Waals surface area contributed by atoms with Crippen LogP contribution >= 0.6 is 0 Å². The van der Waals surface area contributed by atoms with Crippen LogP contribution in [-0.4, -0.2) is 81.1 Å². The van der Waals surface area contributed by atoms with Crippen LogP contribution in [0.4, 0.5) is 9.59 Å². The molecule has 1 spiro atoms. The number of hydrogen-bond donors (Lipinski definition) is 3. The zero-order chi connectivity index (χ0) is 39.9. The van der Waals surface area contributed by atoms with Crippen molar-refractivity contribution in [3.05, 3.63) is 77.9 Å². The van der Waals surface area contributed by atoms with E-state index in [0.717, 1.165) is 34.1 Å². The average molecular weight is 776 g/mol. The Bertz CT molecular complexity index is 1760. The van der Waals surface area contributed by atoms with Gasteiger partial charge in [-0.25, -0.2) is 14.4 Å². The van der Waals surface area contributed by atoms with Crippen molar-refractivity contribution in [2.45, 2.75) is 115 Å². The van der Waals surface area contributed by atoms with Gasteiger partial charge in [-0.05, 0) is 72.9 Å². The lowest BCUT2D eigenvalue weighted by atomic mass is 9.90. The number of rotatable bonds is 17. The lowest BCUT2D eigenvalue weighted by Crippen LogP contribution is -2.54. The van der Waals surface area contributed by atoms with Crippen molar-refractivity contribution in [2.75, 3.05) is 26.9 Å². The first-order chi connectivity index (χ1) is 27.1. The van der Waals surface area contributed by atoms with Crippen LogP contribution in [0.15, 0.2) is 66.7 Å². The minimum absolute atomic E-state index is 0.0147. The molecule has 2 fully saturated rings. The van der Waals surface area contributed by atoms with Gasteiger partial charge >= 0.3 is 18.2 Å². The summed E-state index contributed by atoms with van der Waals surface area (Å²) in [7, 11) is 1.61. The van der Waals surface area contributed by atoms with Gasteiger partial charge in [0.25, 0.3) is 0 Å². The molecule has 5 atom stereocenters. The second kappa shape index (κ2) is 20.9. The summed E-state index contributed by atoms with van der Waals surface area (Å²) in [4.78, 5) is 51.6. The Morgan fingerprint density at radius 1 is 0.893 bits per heavy atom. The second-order valence-corrected chi connectivity index (χ2v) is 14.9. The Morgan fingerprint density at radius 2 is 1.64 bits per heavy atom. The highest BCUT2D eigenvalue weighted by molar-refractivity contribution is 5.86. The maximum atomic E-state index is 13.3. The molecule has 2 saturated heterocycles. The van der Waals surface area contributed by atoms with Crippen LogP contribution in [-0.2, 0) is 46.2 Å². The van der Waals surface area contributed by atoms with Gasteiger partial charge in [-0.3, -0.25) is 4.79 Å². The number of alkyl carbamates (subject to hydrolysis) is 2. The fraction of sp³-hybridized carbons (Fsp3) is 0.535. The summed E-state index contributed by atoms with van der Waals surface area (Å²) in [6.07, 6.45) is 1.32. The number of benzene rings is 3. The fourth-order valence-electron chi connectivity index (χ4n) is 7.49.